The Morgan fingerprint density at radius 3 is 2.81 bits per heavy atom. The lowest BCUT2D eigenvalue weighted by molar-refractivity contribution is 0.0735. The molecule has 1 aliphatic heterocycles. The Labute approximate surface area is 124 Å². The van der Waals surface area contributed by atoms with Crippen LogP contribution in [0.2, 0.25) is 0 Å². The topological polar surface area (TPSA) is 52.6 Å². The first-order valence-electron chi connectivity index (χ1n) is 7.06. The average Bonchev–Trinajstić information content (AvgIpc) is 2.53. The van der Waals surface area contributed by atoms with Crippen LogP contribution in [0.25, 0.3) is 0 Å². The van der Waals surface area contributed by atoms with Crippen LogP contribution >= 0.6 is 0 Å². The van der Waals surface area contributed by atoms with Gasteiger partial charge in [0.1, 0.15) is 5.75 Å². The Bertz CT molecular complexity index is 682. The van der Waals surface area contributed by atoms with Crippen LogP contribution in [0.1, 0.15) is 21.5 Å². The summed E-state index contributed by atoms with van der Waals surface area (Å²) in [6, 6.07) is 12.9. The van der Waals surface area contributed by atoms with Gasteiger partial charge in [0, 0.05) is 25.8 Å². The molecule has 2 aromatic carbocycles. The molecule has 0 radical (unpaired) electrons. The minimum Gasteiger partial charge on any atom is -0.508 e. The minimum absolute atomic E-state index is 0.0222. The van der Waals surface area contributed by atoms with Crippen molar-refractivity contribution in [2.24, 2.45) is 0 Å². The van der Waals surface area contributed by atoms with Gasteiger partial charge in [-0.3, -0.25) is 4.79 Å². The third-order valence-corrected chi connectivity index (χ3v) is 3.92. The van der Waals surface area contributed by atoms with Crippen LogP contribution in [0.4, 0.5) is 5.69 Å². The number of nitrogens with one attached hydrogen (secondary N) is 1. The van der Waals surface area contributed by atoms with Crippen LogP contribution in [0, 0.1) is 0 Å². The van der Waals surface area contributed by atoms with Gasteiger partial charge in [0.2, 0.25) is 0 Å². The number of hydrogen-bond donors (Lipinski definition) is 2. The van der Waals surface area contributed by atoms with E-state index in [4.69, 9.17) is 0 Å². The van der Waals surface area contributed by atoms with Crippen LogP contribution in [-0.2, 0) is 13.0 Å². The summed E-state index contributed by atoms with van der Waals surface area (Å²) in [6.45, 7) is 1.25. The predicted octanol–water partition coefficient (Wildman–Crippen LogP) is 2.63. The highest BCUT2D eigenvalue weighted by molar-refractivity contribution is 5.99. The van der Waals surface area contributed by atoms with E-state index in [9.17, 15) is 9.90 Å². The first-order valence-corrected chi connectivity index (χ1v) is 7.06. The number of amides is 1. The molecule has 108 valence electrons. The number of phenols is 1. The number of para-hydroxylation sites is 1. The number of rotatable bonds is 2. The van der Waals surface area contributed by atoms with Crippen molar-refractivity contribution in [2.75, 3.05) is 18.9 Å². The molecule has 0 unspecified atom stereocenters. The maximum Gasteiger partial charge on any atom is 0.256 e. The van der Waals surface area contributed by atoms with Gasteiger partial charge in [-0.05, 0) is 41.8 Å². The number of benzene rings is 2. The van der Waals surface area contributed by atoms with Crippen LogP contribution in [0.15, 0.2) is 42.5 Å². The molecule has 1 heterocycles. The van der Waals surface area contributed by atoms with E-state index in [1.165, 1.54) is 5.56 Å². The molecule has 0 aromatic heterocycles. The van der Waals surface area contributed by atoms with Gasteiger partial charge in [-0.1, -0.05) is 18.2 Å². The Morgan fingerprint density at radius 2 is 2.00 bits per heavy atom. The van der Waals surface area contributed by atoms with Gasteiger partial charge < -0.3 is 15.3 Å². The van der Waals surface area contributed by atoms with Crippen molar-refractivity contribution in [1.29, 1.82) is 0 Å². The monoisotopic (exact) mass is 282 g/mol. The Balaban J connectivity index is 1.87. The van der Waals surface area contributed by atoms with Crippen LogP contribution in [-0.4, -0.2) is 29.5 Å². The van der Waals surface area contributed by atoms with Crippen LogP contribution < -0.4 is 5.32 Å². The summed E-state index contributed by atoms with van der Waals surface area (Å²) in [6.07, 6.45) is 0.822. The van der Waals surface area contributed by atoms with Crippen molar-refractivity contribution in [1.82, 2.24) is 4.90 Å². The van der Waals surface area contributed by atoms with Gasteiger partial charge in [0.05, 0.1) is 5.56 Å². The molecule has 2 N–H and O–H groups in total. The average molecular weight is 282 g/mol. The number of carbonyl (C=O) groups excluding carboxylic acids is 1. The number of hydrogen-bond acceptors (Lipinski definition) is 3. The molecule has 21 heavy (non-hydrogen) atoms. The molecule has 0 bridgehead atoms. The number of carbonyl (C=O) groups is 1. The number of fused-ring (bicyclic) bond motifs is 1. The lowest BCUT2D eigenvalue weighted by Crippen LogP contribution is -2.36. The summed E-state index contributed by atoms with van der Waals surface area (Å²) in [5.41, 5.74) is 3.75. The normalized spacial score (nSPS) is 13.7. The summed E-state index contributed by atoms with van der Waals surface area (Å²) in [5.74, 6) is 0.271. The molecule has 1 amide bonds. The molecule has 0 spiro atoms. The summed E-state index contributed by atoms with van der Waals surface area (Å²) in [5, 5.41) is 12.7. The third kappa shape index (κ3) is 2.57. The summed E-state index contributed by atoms with van der Waals surface area (Å²) in [7, 11) is 1.82. The largest absolute Gasteiger partial charge is 0.508 e. The molecule has 0 saturated carbocycles. The second kappa shape index (κ2) is 5.48. The maximum absolute atomic E-state index is 12.7. The molecule has 0 aliphatic carbocycles. The van der Waals surface area contributed by atoms with Gasteiger partial charge in [-0.15, -0.1) is 0 Å². The molecular weight excluding hydrogens is 264 g/mol. The molecule has 0 fully saturated rings. The predicted molar refractivity (Wildman–Crippen MR) is 82.5 cm³/mol. The van der Waals surface area contributed by atoms with Crippen molar-refractivity contribution in [3.63, 3.8) is 0 Å². The Hall–Kier alpha value is -2.49. The fourth-order valence-corrected chi connectivity index (χ4v) is 2.77. The highest BCUT2D eigenvalue weighted by Crippen LogP contribution is 2.25. The van der Waals surface area contributed by atoms with Crippen molar-refractivity contribution >= 4 is 11.6 Å². The molecular formula is C17H18N2O2. The Morgan fingerprint density at radius 1 is 1.19 bits per heavy atom. The standard InChI is InChI=1S/C17H18N2O2/c1-18-16-5-3-2-4-15(16)17(21)19-9-8-12-6-7-14(20)10-13(12)11-19/h2-7,10,18,20H,8-9,11H2,1H3. The van der Waals surface area contributed by atoms with Crippen molar-refractivity contribution in [3.05, 3.63) is 59.2 Å². The number of aromatic hydroxyl groups is 1. The summed E-state index contributed by atoms with van der Waals surface area (Å²) in [4.78, 5) is 14.5. The zero-order valence-corrected chi connectivity index (χ0v) is 12.0. The second-order valence-electron chi connectivity index (χ2n) is 5.23. The van der Waals surface area contributed by atoms with E-state index in [0.717, 1.165) is 17.7 Å². The lowest BCUT2D eigenvalue weighted by Gasteiger charge is -2.29. The number of phenolic OH excluding ortho intramolecular Hbond substituents is 1. The molecule has 4 heteroatoms. The van der Waals surface area contributed by atoms with Crippen molar-refractivity contribution in [3.8, 4) is 5.75 Å². The van der Waals surface area contributed by atoms with E-state index < -0.39 is 0 Å². The lowest BCUT2D eigenvalue weighted by atomic mass is 9.98. The van der Waals surface area contributed by atoms with E-state index in [1.54, 1.807) is 12.1 Å². The first-order chi connectivity index (χ1) is 10.2. The molecule has 0 atom stereocenters. The SMILES string of the molecule is CNc1ccccc1C(=O)N1CCc2ccc(O)cc2C1. The highest BCUT2D eigenvalue weighted by Gasteiger charge is 2.23. The minimum atomic E-state index is 0.0222. The van der Waals surface area contributed by atoms with E-state index in [0.29, 0.717) is 18.7 Å². The van der Waals surface area contributed by atoms with Crippen molar-refractivity contribution < 1.29 is 9.90 Å². The Kier molecular flexibility index (Phi) is 3.52. The fraction of sp³-hybridized carbons (Fsp3) is 0.235. The highest BCUT2D eigenvalue weighted by atomic mass is 16.3. The maximum atomic E-state index is 12.7. The number of nitrogens with zero attached hydrogens (tertiary/aromatic N) is 1. The second-order valence-corrected chi connectivity index (χ2v) is 5.23. The van der Waals surface area contributed by atoms with E-state index >= 15 is 0 Å². The van der Waals surface area contributed by atoms with Gasteiger partial charge in [-0.2, -0.15) is 0 Å². The van der Waals surface area contributed by atoms with Crippen molar-refractivity contribution in [2.45, 2.75) is 13.0 Å². The van der Waals surface area contributed by atoms with E-state index in [2.05, 4.69) is 5.32 Å². The zero-order valence-electron chi connectivity index (χ0n) is 12.0. The van der Waals surface area contributed by atoms with Crippen LogP contribution in [0.3, 0.4) is 0 Å². The third-order valence-electron chi connectivity index (χ3n) is 3.92. The number of anilines is 1. The molecule has 2 aromatic rings. The first kappa shape index (κ1) is 13.5. The van der Waals surface area contributed by atoms with Gasteiger partial charge in [-0.25, -0.2) is 0 Å². The van der Waals surface area contributed by atoms with E-state index in [-0.39, 0.29) is 11.7 Å². The van der Waals surface area contributed by atoms with Gasteiger partial charge >= 0.3 is 0 Å². The van der Waals surface area contributed by atoms with Gasteiger partial charge in [0.25, 0.3) is 5.91 Å². The quantitative estimate of drug-likeness (QED) is 0.890. The van der Waals surface area contributed by atoms with Crippen LogP contribution in [0.5, 0.6) is 5.75 Å². The smallest absolute Gasteiger partial charge is 0.256 e. The molecule has 3 rings (SSSR count). The molecule has 1 aliphatic rings. The summed E-state index contributed by atoms with van der Waals surface area (Å²) < 4.78 is 0. The molecule has 0 saturated heterocycles. The van der Waals surface area contributed by atoms with E-state index in [1.807, 2.05) is 42.3 Å². The zero-order chi connectivity index (χ0) is 14.8. The fourth-order valence-electron chi connectivity index (χ4n) is 2.77. The summed E-state index contributed by atoms with van der Waals surface area (Å²) >= 11 is 0. The van der Waals surface area contributed by atoms with Gasteiger partial charge in [0.15, 0.2) is 0 Å². The molecule has 4 nitrogen and oxygen atoms in total.